The summed E-state index contributed by atoms with van der Waals surface area (Å²) in [6, 6.07) is 15.7. The first-order chi connectivity index (χ1) is 13.8. The fraction of sp³-hybridized carbons (Fsp3) is 0.286. The predicted molar refractivity (Wildman–Crippen MR) is 114 cm³/mol. The van der Waals surface area contributed by atoms with Gasteiger partial charge in [0, 0.05) is 37.1 Å². The second kappa shape index (κ2) is 8.67. The molecule has 3 rings (SSSR count). The van der Waals surface area contributed by atoms with Gasteiger partial charge in [-0.25, -0.2) is 13.9 Å². The molecule has 154 valence electrons. The number of carbonyl (C=O) groups excluding carboxylic acids is 1. The molecule has 3 aromatic rings. The Hall–Kier alpha value is -2.84. The van der Waals surface area contributed by atoms with E-state index in [2.05, 4.69) is 28.8 Å². The third-order valence-corrected chi connectivity index (χ3v) is 6.11. The van der Waals surface area contributed by atoms with Crippen LogP contribution in [0.4, 0.5) is 5.69 Å². The molecule has 2 N–H and O–H groups in total. The first-order valence-electron chi connectivity index (χ1n) is 9.36. The van der Waals surface area contributed by atoms with Gasteiger partial charge in [-0.15, -0.1) is 0 Å². The predicted octanol–water partition coefficient (Wildman–Crippen LogP) is 3.29. The number of unbranched alkanes of at least 4 members (excludes halogenated alkanes) is 1. The topological polar surface area (TPSA) is 91.6 Å². The van der Waals surface area contributed by atoms with Crippen molar-refractivity contribution in [3.05, 3.63) is 54.7 Å². The molecule has 0 unspecified atom stereocenters. The van der Waals surface area contributed by atoms with Gasteiger partial charge in [-0.05, 0) is 54.3 Å². The number of hydrogen-bond acceptors (Lipinski definition) is 4. The number of rotatable bonds is 8. The lowest BCUT2D eigenvalue weighted by Gasteiger charge is -2.22. The molecule has 0 aliphatic heterocycles. The van der Waals surface area contributed by atoms with Gasteiger partial charge in [0.25, 0.3) is 0 Å². The van der Waals surface area contributed by atoms with Crippen molar-refractivity contribution in [1.29, 1.82) is 0 Å². The van der Waals surface area contributed by atoms with Crippen LogP contribution in [0.1, 0.15) is 19.3 Å². The summed E-state index contributed by atoms with van der Waals surface area (Å²) >= 11 is 0. The van der Waals surface area contributed by atoms with E-state index in [0.29, 0.717) is 18.5 Å². The largest absolute Gasteiger partial charge is 0.351 e. The van der Waals surface area contributed by atoms with Crippen molar-refractivity contribution in [2.24, 2.45) is 7.05 Å². The summed E-state index contributed by atoms with van der Waals surface area (Å²) in [6.07, 6.45) is 4.33. The highest BCUT2D eigenvalue weighted by Gasteiger charge is 2.17. The maximum Gasteiger partial charge on any atom is 0.243 e. The van der Waals surface area contributed by atoms with Gasteiger partial charge in [-0.2, -0.15) is 0 Å². The maximum atomic E-state index is 12.2. The Kier molecular flexibility index (Phi) is 6.24. The molecule has 0 aliphatic carbocycles. The number of nitrogens with zero attached hydrogens (tertiary/aromatic N) is 2. The molecule has 0 spiro atoms. The van der Waals surface area contributed by atoms with Crippen LogP contribution in [0.3, 0.4) is 0 Å². The SMILES string of the molecule is Cn1ccc2cc(-c3ccc(N(CCCCC(=O)NO)S(C)(=O)=O)cc3)ccc21. The molecular formula is C21H25N3O4S. The fourth-order valence-electron chi connectivity index (χ4n) is 3.36. The minimum atomic E-state index is -3.45. The zero-order valence-corrected chi connectivity index (χ0v) is 17.3. The number of anilines is 1. The van der Waals surface area contributed by atoms with Crippen molar-refractivity contribution < 1.29 is 18.4 Å². The molecule has 8 heteroatoms. The smallest absolute Gasteiger partial charge is 0.243 e. The number of hydrogen-bond donors (Lipinski definition) is 2. The molecule has 0 radical (unpaired) electrons. The van der Waals surface area contributed by atoms with Crippen LogP contribution < -0.4 is 9.79 Å². The highest BCUT2D eigenvalue weighted by Crippen LogP contribution is 2.27. The quantitative estimate of drug-likeness (QED) is 0.335. The van der Waals surface area contributed by atoms with Crippen LogP contribution in [0, 0.1) is 0 Å². The van der Waals surface area contributed by atoms with Crippen molar-refractivity contribution in [1.82, 2.24) is 10.0 Å². The minimum Gasteiger partial charge on any atom is -0.351 e. The molecule has 1 heterocycles. The highest BCUT2D eigenvalue weighted by molar-refractivity contribution is 7.92. The van der Waals surface area contributed by atoms with Crippen molar-refractivity contribution in [3.63, 3.8) is 0 Å². The van der Waals surface area contributed by atoms with E-state index in [0.717, 1.165) is 22.0 Å². The van der Waals surface area contributed by atoms with Crippen LogP contribution in [0.5, 0.6) is 0 Å². The van der Waals surface area contributed by atoms with E-state index in [1.807, 2.05) is 25.4 Å². The summed E-state index contributed by atoms with van der Waals surface area (Å²) in [5, 5.41) is 9.67. The van der Waals surface area contributed by atoms with Crippen LogP contribution in [0.25, 0.3) is 22.0 Å². The number of nitrogens with one attached hydrogen (secondary N) is 1. The molecule has 0 atom stereocenters. The zero-order chi connectivity index (χ0) is 21.0. The van der Waals surface area contributed by atoms with E-state index in [9.17, 15) is 13.2 Å². The second-order valence-corrected chi connectivity index (χ2v) is 8.98. The van der Waals surface area contributed by atoms with Crippen LogP contribution in [0.15, 0.2) is 54.7 Å². The van der Waals surface area contributed by atoms with Crippen molar-refractivity contribution >= 4 is 32.5 Å². The number of carbonyl (C=O) groups is 1. The highest BCUT2D eigenvalue weighted by atomic mass is 32.2. The fourth-order valence-corrected chi connectivity index (χ4v) is 4.33. The van der Waals surface area contributed by atoms with Gasteiger partial charge < -0.3 is 4.57 Å². The Labute approximate surface area is 170 Å². The van der Waals surface area contributed by atoms with Crippen LogP contribution in [0.2, 0.25) is 0 Å². The Bertz CT molecular complexity index is 1100. The average molecular weight is 416 g/mol. The number of amides is 1. The van der Waals surface area contributed by atoms with Crippen LogP contribution in [-0.4, -0.2) is 36.9 Å². The third-order valence-electron chi connectivity index (χ3n) is 4.91. The van der Waals surface area contributed by atoms with E-state index in [1.54, 1.807) is 17.6 Å². The number of fused-ring (bicyclic) bond motifs is 1. The Morgan fingerprint density at radius 1 is 1.07 bits per heavy atom. The van der Waals surface area contributed by atoms with Gasteiger partial charge in [0.1, 0.15) is 0 Å². The number of sulfonamides is 1. The number of hydroxylamine groups is 1. The molecule has 1 amide bonds. The molecule has 7 nitrogen and oxygen atoms in total. The van der Waals surface area contributed by atoms with Gasteiger partial charge in [-0.1, -0.05) is 18.2 Å². The summed E-state index contributed by atoms with van der Waals surface area (Å²) in [5.41, 5.74) is 5.39. The molecule has 0 saturated heterocycles. The van der Waals surface area contributed by atoms with E-state index in [-0.39, 0.29) is 13.0 Å². The van der Waals surface area contributed by atoms with Crippen molar-refractivity contribution in [3.8, 4) is 11.1 Å². The third kappa shape index (κ3) is 4.96. The molecule has 0 saturated carbocycles. The molecule has 29 heavy (non-hydrogen) atoms. The van der Waals surface area contributed by atoms with Crippen molar-refractivity contribution in [2.45, 2.75) is 19.3 Å². The lowest BCUT2D eigenvalue weighted by atomic mass is 10.0. The van der Waals surface area contributed by atoms with Gasteiger partial charge in [-0.3, -0.25) is 14.3 Å². The maximum absolute atomic E-state index is 12.2. The Morgan fingerprint density at radius 3 is 2.41 bits per heavy atom. The summed E-state index contributed by atoms with van der Waals surface area (Å²) < 4.78 is 27.9. The first kappa shape index (κ1) is 20.9. The number of benzene rings is 2. The molecule has 1 aromatic heterocycles. The summed E-state index contributed by atoms with van der Waals surface area (Å²) in [5.74, 6) is -0.476. The molecule has 0 aliphatic rings. The van der Waals surface area contributed by atoms with Crippen LogP contribution >= 0.6 is 0 Å². The molecule has 0 bridgehead atoms. The second-order valence-electron chi connectivity index (χ2n) is 7.07. The van der Waals surface area contributed by atoms with Gasteiger partial charge in [0.15, 0.2) is 0 Å². The van der Waals surface area contributed by atoms with Crippen molar-refractivity contribution in [2.75, 3.05) is 17.1 Å². The first-order valence-corrected chi connectivity index (χ1v) is 11.2. The van der Waals surface area contributed by atoms with E-state index >= 15 is 0 Å². The summed E-state index contributed by atoms with van der Waals surface area (Å²) in [7, 11) is -1.44. The van der Waals surface area contributed by atoms with E-state index < -0.39 is 15.9 Å². The summed E-state index contributed by atoms with van der Waals surface area (Å²) in [6.45, 7) is 0.271. The minimum absolute atomic E-state index is 0.148. The number of aryl methyl sites for hydroxylation is 1. The molecule has 2 aromatic carbocycles. The monoisotopic (exact) mass is 415 g/mol. The normalized spacial score (nSPS) is 11.6. The number of aromatic nitrogens is 1. The van der Waals surface area contributed by atoms with Gasteiger partial charge in [0.05, 0.1) is 11.9 Å². The van der Waals surface area contributed by atoms with Gasteiger partial charge >= 0.3 is 0 Å². The zero-order valence-electron chi connectivity index (χ0n) is 16.5. The summed E-state index contributed by atoms with van der Waals surface area (Å²) in [4.78, 5) is 11.1. The lowest BCUT2D eigenvalue weighted by molar-refractivity contribution is -0.129. The Morgan fingerprint density at radius 2 is 1.76 bits per heavy atom. The van der Waals surface area contributed by atoms with E-state index in [1.165, 1.54) is 10.6 Å². The average Bonchev–Trinajstić information content (AvgIpc) is 3.07. The molecular weight excluding hydrogens is 390 g/mol. The van der Waals surface area contributed by atoms with E-state index in [4.69, 9.17) is 5.21 Å². The van der Waals surface area contributed by atoms with Crippen LogP contribution in [-0.2, 0) is 21.9 Å². The standard InChI is InChI=1S/C21H25N3O4S/c1-23-14-12-18-15-17(8-11-20(18)23)16-6-9-19(10-7-16)24(29(2,27)28)13-4-3-5-21(25)22-26/h6-12,14-15,26H,3-5,13H2,1-2H3,(H,22,25). The van der Waals surface area contributed by atoms with Gasteiger partial charge in [0.2, 0.25) is 15.9 Å². The molecule has 0 fully saturated rings. The lowest BCUT2D eigenvalue weighted by Crippen LogP contribution is -2.31. The Balaban J connectivity index is 1.76.